The number of carboxylic acid groups (broad SMARTS) is 1. The van der Waals surface area contributed by atoms with E-state index in [1.54, 1.807) is 48.5 Å². The van der Waals surface area contributed by atoms with Crippen molar-refractivity contribution in [3.63, 3.8) is 0 Å². The first-order chi connectivity index (χ1) is 28.4. The van der Waals surface area contributed by atoms with Crippen LogP contribution in [0.25, 0.3) is 11.2 Å². The van der Waals surface area contributed by atoms with E-state index in [0.717, 1.165) is 30.5 Å². The van der Waals surface area contributed by atoms with Crippen LogP contribution in [0.4, 0.5) is 11.6 Å². The number of fused-ring (bicyclic) bond motifs is 1. The molecular weight excluding hydrogens is 785 g/mol. The third-order valence-electron chi connectivity index (χ3n) is 7.89. The fraction of sp³-hybridized carbons (Fsp3) is 0.300. The summed E-state index contributed by atoms with van der Waals surface area (Å²) >= 11 is 0. The van der Waals surface area contributed by atoms with Gasteiger partial charge >= 0.3 is 26.5 Å². The quantitative estimate of drug-likeness (QED) is 0.0256. The zero-order valence-corrected chi connectivity index (χ0v) is 33.4. The molecule has 0 aliphatic heterocycles. The Labute approximate surface area is 340 Å². The molecule has 0 spiro atoms. The Hall–Kier alpha value is -6.33. The summed E-state index contributed by atoms with van der Waals surface area (Å²) in [6.45, 7) is 5.81. The molecule has 59 heavy (non-hydrogen) atoms. The van der Waals surface area contributed by atoms with Gasteiger partial charge in [-0.05, 0) is 93.6 Å². The third kappa shape index (κ3) is 15.5. The molecule has 0 atom stereocenters. The number of anilines is 2. The standard InChI is InChI=1S/C26H33O9P.C14H13N7O2/c1-3-31-36(32-4-2)33-19-8-7-10-20-15-17-21(18-16-20)34-26(30)22-11-5-6-12-23(22)35-25(29)14-9-13-24(27)28;15-11(22)7-1-3-8(4-2-7)17-5-9-6-18-12-10(19-9)13(23)21-14(16)20-12/h5-6,11-12,15-18H,3-4,7-10,13-14,19H2,1-2H3,(H,27,28);1-4,6,17H,5H2,(H2,15,22)(H3,16,18,20,21,23). The van der Waals surface area contributed by atoms with Crippen LogP contribution in [0.15, 0.2) is 83.8 Å². The SMILES string of the molecule is CCOP(OCC)OCCCCc1ccc(OC(=O)c2ccccc2OC(=O)CCCC(=O)O)cc1.NC(=O)c1ccc(NCc2cnc3nc(N)[nH]c(=O)c3n2)cc1. The fourth-order valence-corrected chi connectivity index (χ4v) is 5.99. The number of aromatic nitrogens is 4. The maximum Gasteiger partial charge on any atom is 0.347 e. The minimum atomic E-state index is -1.27. The van der Waals surface area contributed by atoms with Gasteiger partial charge in [-0.2, -0.15) is 4.98 Å². The van der Waals surface area contributed by atoms with E-state index >= 15 is 0 Å². The molecule has 0 unspecified atom stereocenters. The van der Waals surface area contributed by atoms with E-state index in [0.29, 0.717) is 43.4 Å². The van der Waals surface area contributed by atoms with Crippen molar-refractivity contribution in [3.8, 4) is 11.5 Å². The fourth-order valence-electron chi connectivity index (χ4n) is 5.06. The van der Waals surface area contributed by atoms with Crippen molar-refractivity contribution in [1.29, 1.82) is 0 Å². The highest BCUT2D eigenvalue weighted by Crippen LogP contribution is 2.39. The molecule has 0 fully saturated rings. The lowest BCUT2D eigenvalue weighted by atomic mass is 10.1. The summed E-state index contributed by atoms with van der Waals surface area (Å²) in [5.41, 5.74) is 13.5. The topological polar surface area (TPSA) is 270 Å². The van der Waals surface area contributed by atoms with E-state index in [2.05, 4.69) is 25.3 Å². The molecule has 2 heterocycles. The van der Waals surface area contributed by atoms with Gasteiger partial charge in [-0.15, -0.1) is 0 Å². The van der Waals surface area contributed by atoms with Crippen molar-refractivity contribution < 1.29 is 47.3 Å². The zero-order chi connectivity index (χ0) is 42.6. The predicted molar refractivity (Wildman–Crippen MR) is 219 cm³/mol. The van der Waals surface area contributed by atoms with Crippen LogP contribution in [-0.2, 0) is 36.1 Å². The lowest BCUT2D eigenvalue weighted by Gasteiger charge is -2.14. The number of nitrogens with one attached hydrogen (secondary N) is 2. The van der Waals surface area contributed by atoms with Gasteiger partial charge in [0.2, 0.25) is 11.9 Å². The minimum absolute atomic E-state index is 0.00258. The van der Waals surface area contributed by atoms with Crippen LogP contribution in [0.3, 0.4) is 0 Å². The second kappa shape index (κ2) is 23.8. The molecule has 312 valence electrons. The summed E-state index contributed by atoms with van der Waals surface area (Å²) in [4.78, 5) is 72.6. The smallest absolute Gasteiger partial charge is 0.347 e. The lowest BCUT2D eigenvalue weighted by molar-refractivity contribution is -0.137. The number of aliphatic carboxylic acids is 1. The predicted octanol–water partition coefficient (Wildman–Crippen LogP) is 5.71. The molecule has 2 aromatic heterocycles. The number of benzene rings is 3. The van der Waals surface area contributed by atoms with Gasteiger partial charge in [-0.3, -0.25) is 24.2 Å². The number of nitrogens with two attached hydrogens (primary N) is 2. The van der Waals surface area contributed by atoms with E-state index in [-0.39, 0.29) is 47.7 Å². The second-order valence-corrected chi connectivity index (χ2v) is 13.6. The molecular formula is C40H46N7O11P. The molecule has 0 bridgehead atoms. The number of para-hydroxylation sites is 1. The van der Waals surface area contributed by atoms with E-state index in [1.165, 1.54) is 18.3 Å². The average molecular weight is 832 g/mol. The van der Waals surface area contributed by atoms with Crippen LogP contribution in [-0.4, -0.2) is 68.7 Å². The van der Waals surface area contributed by atoms with E-state index in [9.17, 15) is 24.0 Å². The number of H-pyrrole nitrogens is 1. The summed E-state index contributed by atoms with van der Waals surface area (Å²) in [6.07, 6.45) is 4.10. The number of unbranched alkanes of at least 4 members (excludes halogenated alkanes) is 1. The maximum atomic E-state index is 12.7. The van der Waals surface area contributed by atoms with Crippen LogP contribution in [0.1, 0.15) is 77.9 Å². The molecule has 18 nitrogen and oxygen atoms in total. The van der Waals surface area contributed by atoms with Gasteiger partial charge in [0.25, 0.3) is 5.56 Å². The van der Waals surface area contributed by atoms with E-state index in [1.807, 2.05) is 26.0 Å². The number of hydrogen-bond donors (Lipinski definition) is 5. The number of aryl methyl sites for hydroxylation is 1. The summed E-state index contributed by atoms with van der Waals surface area (Å²) in [7, 11) is -1.27. The molecule has 0 saturated heterocycles. The monoisotopic (exact) mass is 831 g/mol. The first-order valence-corrected chi connectivity index (χ1v) is 19.7. The van der Waals surface area contributed by atoms with Crippen LogP contribution >= 0.6 is 8.60 Å². The number of ether oxygens (including phenoxy) is 2. The Morgan fingerprint density at radius 3 is 2.24 bits per heavy atom. The van der Waals surface area contributed by atoms with Gasteiger partial charge in [-0.1, -0.05) is 24.3 Å². The van der Waals surface area contributed by atoms with Gasteiger partial charge in [0.15, 0.2) is 11.2 Å². The van der Waals surface area contributed by atoms with Gasteiger partial charge in [-0.25, -0.2) is 14.8 Å². The number of carboxylic acids is 1. The highest BCUT2D eigenvalue weighted by atomic mass is 31.2. The minimum Gasteiger partial charge on any atom is -0.481 e. The number of amides is 1. The van der Waals surface area contributed by atoms with Crippen molar-refractivity contribution in [3.05, 3.63) is 112 Å². The Morgan fingerprint density at radius 2 is 1.56 bits per heavy atom. The largest absolute Gasteiger partial charge is 0.481 e. The molecule has 3 aromatic carbocycles. The van der Waals surface area contributed by atoms with Gasteiger partial charge < -0.3 is 44.9 Å². The van der Waals surface area contributed by atoms with Crippen molar-refractivity contribution in [2.45, 2.75) is 58.9 Å². The number of carbonyl (C=O) groups excluding carboxylic acids is 3. The highest BCUT2D eigenvalue weighted by Gasteiger charge is 2.18. The second-order valence-electron chi connectivity index (χ2n) is 12.4. The Kier molecular flexibility index (Phi) is 18.3. The normalized spacial score (nSPS) is 10.8. The van der Waals surface area contributed by atoms with Crippen LogP contribution in [0, 0.1) is 0 Å². The zero-order valence-electron chi connectivity index (χ0n) is 32.5. The molecule has 0 saturated carbocycles. The first-order valence-electron chi connectivity index (χ1n) is 18.6. The molecule has 7 N–H and O–H groups in total. The third-order valence-corrected chi connectivity index (χ3v) is 9.22. The number of aromatic amines is 1. The van der Waals surface area contributed by atoms with Gasteiger partial charge in [0, 0.05) is 24.1 Å². The van der Waals surface area contributed by atoms with Crippen molar-refractivity contribution in [2.75, 3.05) is 30.9 Å². The molecule has 0 radical (unpaired) electrons. The van der Waals surface area contributed by atoms with Gasteiger partial charge in [0.1, 0.15) is 17.1 Å². The number of carbonyl (C=O) groups is 4. The van der Waals surface area contributed by atoms with Crippen molar-refractivity contribution in [2.24, 2.45) is 5.73 Å². The Bertz CT molecular complexity index is 2220. The number of hydrogen-bond acceptors (Lipinski definition) is 15. The summed E-state index contributed by atoms with van der Waals surface area (Å²) < 4.78 is 27.2. The summed E-state index contributed by atoms with van der Waals surface area (Å²) in [5, 5.41) is 11.8. The van der Waals surface area contributed by atoms with Crippen LogP contribution in [0.5, 0.6) is 11.5 Å². The number of primary amides is 1. The lowest BCUT2D eigenvalue weighted by Crippen LogP contribution is -2.15. The number of nitrogen functional groups attached to an aromatic ring is 1. The maximum absolute atomic E-state index is 12.7. The Balaban J connectivity index is 0.000000286. The summed E-state index contributed by atoms with van der Waals surface area (Å²) in [5.74, 6) is -2.30. The van der Waals surface area contributed by atoms with Gasteiger partial charge in [0.05, 0.1) is 38.3 Å². The first kappa shape index (κ1) is 45.4. The molecule has 0 aliphatic rings. The number of nitrogens with zero attached hydrogens (tertiary/aromatic N) is 3. The molecule has 19 heteroatoms. The molecule has 0 aliphatic carbocycles. The molecule has 5 aromatic rings. The number of esters is 2. The van der Waals surface area contributed by atoms with Crippen molar-refractivity contribution in [1.82, 2.24) is 19.9 Å². The number of rotatable bonds is 21. The van der Waals surface area contributed by atoms with E-state index < -0.39 is 38.0 Å². The van der Waals surface area contributed by atoms with Crippen LogP contribution in [0.2, 0.25) is 0 Å². The van der Waals surface area contributed by atoms with E-state index in [4.69, 9.17) is 39.6 Å². The highest BCUT2D eigenvalue weighted by molar-refractivity contribution is 7.41. The molecule has 1 amide bonds. The van der Waals surface area contributed by atoms with Crippen LogP contribution < -0.4 is 31.8 Å². The summed E-state index contributed by atoms with van der Waals surface area (Å²) in [6, 6.07) is 20.2. The average Bonchev–Trinajstić information content (AvgIpc) is 3.21. The van der Waals surface area contributed by atoms with Crippen molar-refractivity contribution >= 4 is 55.2 Å². The Morgan fingerprint density at radius 1 is 0.847 bits per heavy atom. The molecule has 5 rings (SSSR count).